The number of aromatic nitrogens is 3. The largest absolute Gasteiger partial charge is 0.405 e. The number of hydrogen-bond donors (Lipinski definition) is 2. The van der Waals surface area contributed by atoms with E-state index in [0.717, 1.165) is 0 Å². The summed E-state index contributed by atoms with van der Waals surface area (Å²) in [5.74, 6) is -0.482. The molecule has 0 bridgehead atoms. The highest BCUT2D eigenvalue weighted by Crippen LogP contribution is 2.24. The number of nitriles is 1. The summed E-state index contributed by atoms with van der Waals surface area (Å²) in [7, 11) is 0. The molecule has 0 aliphatic carbocycles. The Labute approximate surface area is 231 Å². The molecular formula is C28H23F4N7O2. The van der Waals surface area contributed by atoms with Crippen LogP contribution in [0.2, 0.25) is 0 Å². The number of anilines is 2. The van der Waals surface area contributed by atoms with Gasteiger partial charge in [0.1, 0.15) is 24.2 Å². The van der Waals surface area contributed by atoms with E-state index in [0.29, 0.717) is 54.2 Å². The van der Waals surface area contributed by atoms with Crippen molar-refractivity contribution in [2.45, 2.75) is 12.6 Å². The van der Waals surface area contributed by atoms with Crippen molar-refractivity contribution in [3.05, 3.63) is 93.3 Å². The van der Waals surface area contributed by atoms with Crippen LogP contribution in [0.25, 0.3) is 10.8 Å². The molecule has 41 heavy (non-hydrogen) atoms. The third kappa shape index (κ3) is 6.27. The fourth-order valence-electron chi connectivity index (χ4n) is 4.65. The number of carbonyl (C=O) groups is 1. The minimum atomic E-state index is -4.42. The second kappa shape index (κ2) is 11.2. The van der Waals surface area contributed by atoms with Gasteiger partial charge in [-0.05, 0) is 48.0 Å². The Morgan fingerprint density at radius 1 is 1.05 bits per heavy atom. The van der Waals surface area contributed by atoms with Gasteiger partial charge in [-0.3, -0.25) is 9.59 Å². The summed E-state index contributed by atoms with van der Waals surface area (Å²) >= 11 is 0. The van der Waals surface area contributed by atoms with Crippen LogP contribution in [0.5, 0.6) is 0 Å². The Bertz CT molecular complexity index is 1690. The van der Waals surface area contributed by atoms with Gasteiger partial charge >= 0.3 is 6.18 Å². The van der Waals surface area contributed by atoms with Gasteiger partial charge in [0.25, 0.3) is 11.5 Å². The lowest BCUT2D eigenvalue weighted by Gasteiger charge is -2.35. The molecule has 1 saturated heterocycles. The predicted octanol–water partition coefficient (Wildman–Crippen LogP) is 3.86. The van der Waals surface area contributed by atoms with E-state index in [1.165, 1.54) is 42.6 Å². The number of fused-ring (bicyclic) bond motifs is 1. The normalized spacial score (nSPS) is 13.7. The number of benzene rings is 2. The van der Waals surface area contributed by atoms with Crippen LogP contribution in [0.4, 0.5) is 29.1 Å². The second-order valence-electron chi connectivity index (χ2n) is 9.52. The molecule has 13 heteroatoms. The number of hydrogen-bond acceptors (Lipinski definition) is 7. The summed E-state index contributed by atoms with van der Waals surface area (Å²) in [5.41, 5.74) is 0.869. The van der Waals surface area contributed by atoms with Crippen molar-refractivity contribution < 1.29 is 22.4 Å². The van der Waals surface area contributed by atoms with E-state index in [4.69, 9.17) is 5.26 Å². The third-order valence-corrected chi connectivity index (χ3v) is 6.76. The van der Waals surface area contributed by atoms with Crippen molar-refractivity contribution in [1.82, 2.24) is 20.1 Å². The van der Waals surface area contributed by atoms with Gasteiger partial charge in [-0.2, -0.15) is 23.5 Å². The number of rotatable bonds is 6. The lowest BCUT2D eigenvalue weighted by molar-refractivity contribution is -0.115. The van der Waals surface area contributed by atoms with E-state index in [1.807, 2.05) is 11.0 Å². The number of amides is 1. The lowest BCUT2D eigenvalue weighted by atomic mass is 10.0. The molecule has 4 aromatic rings. The van der Waals surface area contributed by atoms with Crippen LogP contribution in [0.15, 0.2) is 59.5 Å². The Morgan fingerprint density at radius 3 is 2.51 bits per heavy atom. The molecule has 0 saturated carbocycles. The molecule has 0 radical (unpaired) electrons. The summed E-state index contributed by atoms with van der Waals surface area (Å²) < 4.78 is 52.8. The van der Waals surface area contributed by atoms with E-state index < -0.39 is 30.0 Å². The van der Waals surface area contributed by atoms with Gasteiger partial charge in [0, 0.05) is 49.9 Å². The molecule has 0 unspecified atom stereocenters. The number of halogens is 4. The molecule has 9 nitrogen and oxygen atoms in total. The average Bonchev–Trinajstić information content (AvgIpc) is 2.98. The first-order valence-electron chi connectivity index (χ1n) is 12.6. The molecule has 0 spiro atoms. The first-order chi connectivity index (χ1) is 19.6. The molecule has 1 amide bonds. The molecule has 1 fully saturated rings. The summed E-state index contributed by atoms with van der Waals surface area (Å²) in [6.45, 7) is 0.383. The molecular weight excluding hydrogens is 542 g/mol. The van der Waals surface area contributed by atoms with Crippen LogP contribution in [0, 0.1) is 17.1 Å². The van der Waals surface area contributed by atoms with Crippen LogP contribution in [-0.2, 0) is 6.42 Å². The highest BCUT2D eigenvalue weighted by molar-refractivity contribution is 5.95. The van der Waals surface area contributed by atoms with Crippen molar-refractivity contribution in [1.29, 1.82) is 5.26 Å². The standard InChI is InChI=1S/C28H23F4N7O2/c29-23-5-1-17(12-24-21-13-19(35-16-28(30,31)32)3-4-20(21)26(40)37-36-24)11-22(23)27(41)39-9-7-38(8-10-39)25-6-2-18(14-33)15-34-25/h1-6,11,13,15,35H,7-10,12,16H2,(H,37,40). The van der Waals surface area contributed by atoms with Crippen LogP contribution < -0.4 is 15.8 Å². The molecule has 5 rings (SSSR count). The van der Waals surface area contributed by atoms with Crippen molar-refractivity contribution in [2.24, 2.45) is 0 Å². The maximum absolute atomic E-state index is 14.8. The highest BCUT2D eigenvalue weighted by Gasteiger charge is 2.27. The van der Waals surface area contributed by atoms with Crippen molar-refractivity contribution in [3.63, 3.8) is 0 Å². The molecule has 2 aromatic heterocycles. The number of H-pyrrole nitrogens is 1. The first-order valence-corrected chi connectivity index (χ1v) is 12.6. The third-order valence-electron chi connectivity index (χ3n) is 6.76. The molecule has 210 valence electrons. The number of nitrogens with one attached hydrogen (secondary N) is 2. The fourth-order valence-corrected chi connectivity index (χ4v) is 4.65. The van der Waals surface area contributed by atoms with Crippen LogP contribution >= 0.6 is 0 Å². The van der Waals surface area contributed by atoms with Crippen molar-refractivity contribution >= 4 is 28.2 Å². The predicted molar refractivity (Wildman–Crippen MR) is 143 cm³/mol. The quantitative estimate of drug-likeness (QED) is 0.341. The maximum Gasteiger partial charge on any atom is 0.405 e. The van der Waals surface area contributed by atoms with Crippen LogP contribution in [-0.4, -0.2) is 64.9 Å². The molecule has 3 heterocycles. The lowest BCUT2D eigenvalue weighted by Crippen LogP contribution is -2.49. The van der Waals surface area contributed by atoms with Gasteiger partial charge in [0.05, 0.1) is 22.2 Å². The van der Waals surface area contributed by atoms with Gasteiger partial charge in [0.15, 0.2) is 0 Å². The smallest absolute Gasteiger partial charge is 0.376 e. The molecule has 2 aromatic carbocycles. The average molecular weight is 566 g/mol. The SMILES string of the molecule is N#Cc1ccc(N2CCN(C(=O)c3cc(Cc4n[nH]c(=O)c5ccc(NCC(F)(F)F)cc45)ccc3F)CC2)nc1. The van der Waals surface area contributed by atoms with Crippen LogP contribution in [0.1, 0.15) is 27.2 Å². The van der Waals surface area contributed by atoms with Gasteiger partial charge < -0.3 is 15.1 Å². The molecule has 2 N–H and O–H groups in total. The number of aromatic amines is 1. The Balaban J connectivity index is 1.33. The van der Waals surface area contributed by atoms with Gasteiger partial charge in [-0.15, -0.1) is 0 Å². The van der Waals surface area contributed by atoms with E-state index in [2.05, 4.69) is 20.5 Å². The number of pyridine rings is 1. The summed E-state index contributed by atoms with van der Waals surface area (Å²) in [4.78, 5) is 33.3. The van der Waals surface area contributed by atoms with E-state index in [9.17, 15) is 27.2 Å². The van der Waals surface area contributed by atoms with Crippen LogP contribution in [0.3, 0.4) is 0 Å². The minimum absolute atomic E-state index is 0.0920. The number of piperazine rings is 1. The van der Waals surface area contributed by atoms with Gasteiger partial charge in [-0.25, -0.2) is 14.5 Å². The zero-order chi connectivity index (χ0) is 29.1. The maximum atomic E-state index is 14.8. The number of nitrogens with zero attached hydrogens (tertiary/aromatic N) is 5. The van der Waals surface area contributed by atoms with Crippen molar-refractivity contribution in [3.8, 4) is 6.07 Å². The Morgan fingerprint density at radius 2 is 1.83 bits per heavy atom. The van der Waals surface area contributed by atoms with Crippen molar-refractivity contribution in [2.75, 3.05) is 42.9 Å². The summed E-state index contributed by atoms with van der Waals surface area (Å²) in [5, 5.41) is 18.3. The molecule has 0 atom stereocenters. The Kier molecular flexibility index (Phi) is 7.56. The van der Waals surface area contributed by atoms with Gasteiger partial charge in [0.2, 0.25) is 0 Å². The number of carbonyl (C=O) groups excluding carboxylic acids is 1. The minimum Gasteiger partial charge on any atom is -0.376 e. The number of alkyl halides is 3. The van der Waals surface area contributed by atoms with Gasteiger partial charge in [-0.1, -0.05) is 6.07 Å². The van der Waals surface area contributed by atoms with E-state index in [1.54, 1.807) is 17.0 Å². The highest BCUT2D eigenvalue weighted by atomic mass is 19.4. The Hall–Kier alpha value is -4.99. The van der Waals surface area contributed by atoms with E-state index >= 15 is 0 Å². The second-order valence-corrected chi connectivity index (χ2v) is 9.52. The molecule has 1 aliphatic heterocycles. The molecule has 1 aliphatic rings. The first kappa shape index (κ1) is 27.6. The fraction of sp³-hybridized carbons (Fsp3) is 0.250. The monoisotopic (exact) mass is 565 g/mol. The topological polar surface area (TPSA) is 118 Å². The summed E-state index contributed by atoms with van der Waals surface area (Å²) in [6.07, 6.45) is -2.85. The zero-order valence-corrected chi connectivity index (χ0v) is 21.5. The zero-order valence-electron chi connectivity index (χ0n) is 21.5. The summed E-state index contributed by atoms with van der Waals surface area (Å²) in [6, 6.07) is 13.7. The van der Waals surface area contributed by atoms with E-state index in [-0.39, 0.29) is 23.1 Å².